The molecular formula is C16H14BrCl2NO. The average Bonchev–Trinajstić information content (AvgIpc) is 2.85. The fourth-order valence-electron chi connectivity index (χ4n) is 2.64. The highest BCUT2D eigenvalue weighted by molar-refractivity contribution is 9.10. The molecule has 0 saturated heterocycles. The van der Waals surface area contributed by atoms with E-state index in [1.165, 1.54) is 5.56 Å². The first-order valence-electron chi connectivity index (χ1n) is 6.68. The highest BCUT2D eigenvalue weighted by atomic mass is 79.9. The van der Waals surface area contributed by atoms with E-state index in [1.807, 2.05) is 12.1 Å². The van der Waals surface area contributed by atoms with Crippen LogP contribution in [-0.4, -0.2) is 6.61 Å². The molecular weight excluding hydrogens is 373 g/mol. The van der Waals surface area contributed by atoms with Crippen molar-refractivity contribution in [2.24, 2.45) is 5.73 Å². The van der Waals surface area contributed by atoms with Crippen molar-refractivity contribution >= 4 is 39.1 Å². The van der Waals surface area contributed by atoms with Gasteiger partial charge >= 0.3 is 0 Å². The van der Waals surface area contributed by atoms with Gasteiger partial charge in [0.1, 0.15) is 5.75 Å². The Labute approximate surface area is 142 Å². The predicted molar refractivity (Wildman–Crippen MR) is 90.4 cm³/mol. The Morgan fingerprint density at radius 2 is 1.86 bits per heavy atom. The summed E-state index contributed by atoms with van der Waals surface area (Å²) in [6.45, 7) is 0.733. The molecule has 1 heterocycles. The van der Waals surface area contributed by atoms with Gasteiger partial charge in [-0.25, -0.2) is 0 Å². The Morgan fingerprint density at radius 3 is 2.57 bits per heavy atom. The van der Waals surface area contributed by atoms with Gasteiger partial charge in [0, 0.05) is 27.0 Å². The molecule has 3 rings (SSSR count). The van der Waals surface area contributed by atoms with E-state index in [2.05, 4.69) is 28.1 Å². The highest BCUT2D eigenvalue weighted by Crippen LogP contribution is 2.35. The number of hydrogen-bond donors (Lipinski definition) is 1. The molecule has 0 amide bonds. The van der Waals surface area contributed by atoms with Crippen molar-refractivity contribution in [1.82, 2.24) is 0 Å². The van der Waals surface area contributed by atoms with Crippen LogP contribution in [0.3, 0.4) is 0 Å². The first kappa shape index (κ1) is 15.2. The summed E-state index contributed by atoms with van der Waals surface area (Å²) in [6, 6.07) is 9.42. The number of ether oxygens (including phenoxy) is 1. The molecule has 1 atom stereocenters. The van der Waals surface area contributed by atoms with Crippen LogP contribution in [0.4, 0.5) is 0 Å². The molecule has 2 aromatic carbocycles. The Balaban J connectivity index is 1.90. The van der Waals surface area contributed by atoms with Gasteiger partial charge in [-0.2, -0.15) is 0 Å². The maximum Gasteiger partial charge on any atom is 0.125 e. The van der Waals surface area contributed by atoms with Crippen molar-refractivity contribution < 1.29 is 4.74 Å². The van der Waals surface area contributed by atoms with Gasteiger partial charge < -0.3 is 10.5 Å². The second-order valence-electron chi connectivity index (χ2n) is 5.17. The highest BCUT2D eigenvalue weighted by Gasteiger charge is 2.19. The van der Waals surface area contributed by atoms with Crippen LogP contribution >= 0.6 is 39.1 Å². The third-order valence-electron chi connectivity index (χ3n) is 3.58. The SMILES string of the molecule is NC(Cc1cc(Br)cc2c1OCC2)c1cc(Cl)cc(Cl)c1. The smallest absolute Gasteiger partial charge is 0.125 e. The van der Waals surface area contributed by atoms with E-state index < -0.39 is 0 Å². The molecule has 110 valence electrons. The summed E-state index contributed by atoms with van der Waals surface area (Å²) in [7, 11) is 0. The van der Waals surface area contributed by atoms with Crippen molar-refractivity contribution in [1.29, 1.82) is 0 Å². The molecule has 0 fully saturated rings. The molecule has 2 aromatic rings. The Bertz CT molecular complexity index is 670. The minimum Gasteiger partial charge on any atom is -0.493 e. The number of rotatable bonds is 3. The van der Waals surface area contributed by atoms with Crippen LogP contribution in [-0.2, 0) is 12.8 Å². The fraction of sp³-hybridized carbons (Fsp3) is 0.250. The van der Waals surface area contributed by atoms with E-state index in [1.54, 1.807) is 6.07 Å². The van der Waals surface area contributed by atoms with Crippen LogP contribution in [0.2, 0.25) is 10.0 Å². The third-order valence-corrected chi connectivity index (χ3v) is 4.47. The summed E-state index contributed by atoms with van der Waals surface area (Å²) >= 11 is 15.6. The normalized spacial score (nSPS) is 14.7. The van der Waals surface area contributed by atoms with E-state index >= 15 is 0 Å². The monoisotopic (exact) mass is 385 g/mol. The third kappa shape index (κ3) is 3.37. The Kier molecular flexibility index (Phi) is 4.46. The van der Waals surface area contributed by atoms with Crippen molar-refractivity contribution in [2.45, 2.75) is 18.9 Å². The average molecular weight is 387 g/mol. The van der Waals surface area contributed by atoms with Crippen molar-refractivity contribution in [3.63, 3.8) is 0 Å². The summed E-state index contributed by atoms with van der Waals surface area (Å²) in [6.07, 6.45) is 1.62. The summed E-state index contributed by atoms with van der Waals surface area (Å²) in [4.78, 5) is 0. The maximum absolute atomic E-state index is 6.32. The molecule has 0 aromatic heterocycles. The fourth-order valence-corrected chi connectivity index (χ4v) is 3.74. The van der Waals surface area contributed by atoms with E-state index in [-0.39, 0.29) is 6.04 Å². The van der Waals surface area contributed by atoms with E-state index in [0.717, 1.165) is 34.4 Å². The van der Waals surface area contributed by atoms with Crippen LogP contribution < -0.4 is 10.5 Å². The number of halogens is 3. The zero-order valence-corrected chi connectivity index (χ0v) is 14.3. The lowest BCUT2D eigenvalue weighted by molar-refractivity contribution is 0.352. The standard InChI is InChI=1S/C16H14BrCl2NO/c17-12-3-9-1-2-21-16(9)11(4-12)7-15(20)10-5-13(18)8-14(19)6-10/h3-6,8,15H,1-2,7,20H2. The molecule has 1 aliphatic heterocycles. The van der Waals surface area contributed by atoms with E-state index in [9.17, 15) is 0 Å². The van der Waals surface area contributed by atoms with Gasteiger partial charge in [0.05, 0.1) is 6.61 Å². The second kappa shape index (κ2) is 6.17. The summed E-state index contributed by atoms with van der Waals surface area (Å²) in [5.41, 5.74) is 9.59. The topological polar surface area (TPSA) is 35.2 Å². The minimum atomic E-state index is -0.177. The molecule has 2 N–H and O–H groups in total. The van der Waals surface area contributed by atoms with Crippen molar-refractivity contribution in [3.8, 4) is 5.75 Å². The quantitative estimate of drug-likeness (QED) is 0.811. The van der Waals surface area contributed by atoms with Gasteiger partial charge in [-0.05, 0) is 53.4 Å². The second-order valence-corrected chi connectivity index (χ2v) is 6.95. The summed E-state index contributed by atoms with van der Waals surface area (Å²) < 4.78 is 6.79. The van der Waals surface area contributed by atoms with Gasteiger partial charge in [-0.1, -0.05) is 39.1 Å². The Morgan fingerprint density at radius 1 is 1.14 bits per heavy atom. The largest absolute Gasteiger partial charge is 0.493 e. The van der Waals surface area contributed by atoms with Gasteiger partial charge in [-0.3, -0.25) is 0 Å². The molecule has 0 aliphatic carbocycles. The predicted octanol–water partition coefficient (Wildman–Crippen LogP) is 4.93. The van der Waals surface area contributed by atoms with Crippen LogP contribution in [0.15, 0.2) is 34.8 Å². The molecule has 1 unspecified atom stereocenters. The molecule has 0 spiro atoms. The Hall–Kier alpha value is -0.740. The first-order chi connectivity index (χ1) is 10.0. The number of nitrogens with two attached hydrogens (primary N) is 1. The zero-order chi connectivity index (χ0) is 15.0. The lowest BCUT2D eigenvalue weighted by atomic mass is 9.97. The van der Waals surface area contributed by atoms with E-state index in [4.69, 9.17) is 33.7 Å². The first-order valence-corrected chi connectivity index (χ1v) is 8.23. The van der Waals surface area contributed by atoms with Crippen LogP contribution in [0, 0.1) is 0 Å². The summed E-state index contributed by atoms with van der Waals surface area (Å²) in [5.74, 6) is 0.974. The van der Waals surface area contributed by atoms with Gasteiger partial charge in [0.25, 0.3) is 0 Å². The van der Waals surface area contributed by atoms with Crippen molar-refractivity contribution in [3.05, 3.63) is 61.5 Å². The molecule has 2 nitrogen and oxygen atoms in total. The molecule has 0 bridgehead atoms. The minimum absolute atomic E-state index is 0.177. The molecule has 0 radical (unpaired) electrons. The number of hydrogen-bond acceptors (Lipinski definition) is 2. The molecule has 5 heteroatoms. The molecule has 1 aliphatic rings. The van der Waals surface area contributed by atoms with Gasteiger partial charge in [-0.15, -0.1) is 0 Å². The maximum atomic E-state index is 6.32. The molecule has 0 saturated carbocycles. The van der Waals surface area contributed by atoms with Crippen molar-refractivity contribution in [2.75, 3.05) is 6.61 Å². The van der Waals surface area contributed by atoms with Gasteiger partial charge in [0.2, 0.25) is 0 Å². The lowest BCUT2D eigenvalue weighted by Gasteiger charge is -2.16. The van der Waals surface area contributed by atoms with Crippen LogP contribution in [0.5, 0.6) is 5.75 Å². The molecule has 21 heavy (non-hydrogen) atoms. The van der Waals surface area contributed by atoms with Crippen LogP contribution in [0.1, 0.15) is 22.7 Å². The number of fused-ring (bicyclic) bond motifs is 1. The lowest BCUT2D eigenvalue weighted by Crippen LogP contribution is -2.14. The zero-order valence-electron chi connectivity index (χ0n) is 11.2. The van der Waals surface area contributed by atoms with E-state index in [0.29, 0.717) is 16.5 Å². The number of benzene rings is 2. The van der Waals surface area contributed by atoms with Crippen LogP contribution in [0.25, 0.3) is 0 Å². The van der Waals surface area contributed by atoms with Gasteiger partial charge in [0.15, 0.2) is 0 Å². The summed E-state index contributed by atoms with van der Waals surface area (Å²) in [5, 5.41) is 1.20.